The molecule has 1 heterocycles. The van der Waals surface area contributed by atoms with Crippen LogP contribution in [0.15, 0.2) is 57.8 Å². The molecule has 0 atom stereocenters. The van der Waals surface area contributed by atoms with Crippen molar-refractivity contribution < 1.29 is 12.8 Å². The summed E-state index contributed by atoms with van der Waals surface area (Å²) in [4.78, 5) is 0.164. The molecule has 0 amide bonds. The molecule has 0 spiro atoms. The first-order chi connectivity index (χ1) is 11.5. The molecule has 0 fully saturated rings. The second-order valence-corrected chi connectivity index (χ2v) is 7.07. The molecule has 1 N–H and O–H groups in total. The van der Waals surface area contributed by atoms with Crippen molar-refractivity contribution in [3.8, 4) is 22.9 Å². The summed E-state index contributed by atoms with van der Waals surface area (Å²) >= 11 is 0. The summed E-state index contributed by atoms with van der Waals surface area (Å²) in [6, 6.07) is 14.2. The molecule has 0 aliphatic carbocycles. The fourth-order valence-corrected chi connectivity index (χ4v) is 3.31. The first-order valence-corrected chi connectivity index (χ1v) is 8.98. The summed E-state index contributed by atoms with van der Waals surface area (Å²) in [5.74, 6) is 0.670. The van der Waals surface area contributed by atoms with Crippen LogP contribution < -0.4 is 4.72 Å². The molecule has 3 rings (SSSR count). The van der Waals surface area contributed by atoms with Gasteiger partial charge in [-0.1, -0.05) is 30.7 Å². The number of hydrogen-bond donors (Lipinski definition) is 1. The fraction of sp³-hybridized carbons (Fsp3) is 0.176. The van der Waals surface area contributed by atoms with E-state index in [1.54, 1.807) is 19.1 Å². The van der Waals surface area contributed by atoms with Crippen molar-refractivity contribution >= 4 is 10.0 Å². The number of aromatic nitrogens is 2. The molecule has 124 valence electrons. The molecule has 1 aromatic heterocycles. The number of benzene rings is 2. The average Bonchev–Trinajstić information content (AvgIpc) is 3.06. The third-order valence-electron chi connectivity index (χ3n) is 3.45. The first kappa shape index (κ1) is 16.4. The Labute approximate surface area is 140 Å². The Hall–Kier alpha value is -2.51. The van der Waals surface area contributed by atoms with E-state index in [2.05, 4.69) is 14.9 Å². The van der Waals surface area contributed by atoms with Gasteiger partial charge in [0.05, 0.1) is 4.90 Å². The van der Waals surface area contributed by atoms with Crippen LogP contribution in [-0.2, 0) is 10.0 Å². The lowest BCUT2D eigenvalue weighted by Crippen LogP contribution is -2.23. The third kappa shape index (κ3) is 3.37. The van der Waals surface area contributed by atoms with E-state index in [0.717, 1.165) is 11.1 Å². The molecular weight excluding hydrogens is 326 g/mol. The van der Waals surface area contributed by atoms with E-state index in [0.29, 0.717) is 18.0 Å². The second kappa shape index (κ2) is 6.54. The lowest BCUT2D eigenvalue weighted by molar-refractivity contribution is 0.582. The molecule has 7 heteroatoms. The van der Waals surface area contributed by atoms with Crippen molar-refractivity contribution in [2.75, 3.05) is 6.54 Å². The molecule has 0 saturated heterocycles. The molecule has 2 aromatic carbocycles. The molecule has 0 radical (unpaired) electrons. The van der Waals surface area contributed by atoms with E-state index < -0.39 is 10.0 Å². The summed E-state index contributed by atoms with van der Waals surface area (Å²) in [5, 5.41) is 8.06. The number of nitrogens with one attached hydrogen (secondary N) is 1. The lowest BCUT2D eigenvalue weighted by Gasteiger charge is -2.05. The van der Waals surface area contributed by atoms with Crippen LogP contribution in [0, 0.1) is 6.92 Å². The summed E-state index contributed by atoms with van der Waals surface area (Å²) in [6.07, 6.45) is 0. The molecule has 0 unspecified atom stereocenters. The second-order valence-electron chi connectivity index (χ2n) is 5.31. The van der Waals surface area contributed by atoms with Gasteiger partial charge in [0.2, 0.25) is 21.8 Å². The lowest BCUT2D eigenvalue weighted by atomic mass is 10.1. The quantitative estimate of drug-likeness (QED) is 0.770. The number of nitrogens with zero attached hydrogens (tertiary/aromatic N) is 2. The van der Waals surface area contributed by atoms with Crippen molar-refractivity contribution in [3.05, 3.63) is 54.1 Å². The van der Waals surface area contributed by atoms with Gasteiger partial charge < -0.3 is 4.42 Å². The van der Waals surface area contributed by atoms with E-state index in [9.17, 15) is 8.42 Å². The maximum Gasteiger partial charge on any atom is 0.248 e. The predicted octanol–water partition coefficient (Wildman–Crippen LogP) is 3.01. The molecule has 0 bridgehead atoms. The summed E-state index contributed by atoms with van der Waals surface area (Å²) in [7, 11) is -3.53. The maximum absolute atomic E-state index is 12.1. The van der Waals surface area contributed by atoms with E-state index in [-0.39, 0.29) is 10.8 Å². The highest BCUT2D eigenvalue weighted by molar-refractivity contribution is 7.89. The fourth-order valence-electron chi connectivity index (χ4n) is 2.22. The Kier molecular flexibility index (Phi) is 4.46. The monoisotopic (exact) mass is 343 g/mol. The van der Waals surface area contributed by atoms with E-state index in [1.165, 1.54) is 12.1 Å². The molecule has 0 aliphatic rings. The normalized spacial score (nSPS) is 11.6. The van der Waals surface area contributed by atoms with Gasteiger partial charge in [-0.25, -0.2) is 13.1 Å². The highest BCUT2D eigenvalue weighted by Gasteiger charge is 2.16. The Morgan fingerprint density at radius 2 is 1.67 bits per heavy atom. The SMILES string of the molecule is CCNS(=O)(=O)c1cccc(-c2nnc(-c3ccc(C)cc3)o2)c1. The van der Waals surface area contributed by atoms with Crippen LogP contribution in [0.5, 0.6) is 0 Å². The van der Waals surface area contributed by atoms with Crippen LogP contribution in [0.2, 0.25) is 0 Å². The van der Waals surface area contributed by atoms with Gasteiger partial charge in [0.15, 0.2) is 0 Å². The number of aryl methyl sites for hydroxylation is 1. The topological polar surface area (TPSA) is 85.1 Å². The van der Waals surface area contributed by atoms with Gasteiger partial charge in [-0.05, 0) is 37.3 Å². The van der Waals surface area contributed by atoms with E-state index in [1.807, 2.05) is 31.2 Å². The van der Waals surface area contributed by atoms with Crippen molar-refractivity contribution in [1.29, 1.82) is 0 Å². The zero-order chi connectivity index (χ0) is 17.2. The van der Waals surface area contributed by atoms with E-state index in [4.69, 9.17) is 4.42 Å². The Balaban J connectivity index is 1.95. The summed E-state index contributed by atoms with van der Waals surface area (Å²) in [6.45, 7) is 4.05. The standard InChI is InChI=1S/C17H17N3O3S/c1-3-18-24(21,22)15-6-4-5-14(11-15)17-20-19-16(23-17)13-9-7-12(2)8-10-13/h4-11,18H,3H2,1-2H3. The Bertz CT molecular complexity index is 947. The predicted molar refractivity (Wildman–Crippen MR) is 90.8 cm³/mol. The number of rotatable bonds is 5. The average molecular weight is 343 g/mol. The Morgan fingerprint density at radius 3 is 2.33 bits per heavy atom. The molecule has 6 nitrogen and oxygen atoms in total. The number of hydrogen-bond acceptors (Lipinski definition) is 5. The summed E-state index contributed by atoms with van der Waals surface area (Å²) in [5.41, 5.74) is 2.51. The van der Waals surface area contributed by atoms with Gasteiger partial charge in [-0.3, -0.25) is 0 Å². The minimum atomic E-state index is -3.53. The number of sulfonamides is 1. The molecular formula is C17H17N3O3S. The minimum Gasteiger partial charge on any atom is -0.416 e. The van der Waals surface area contributed by atoms with Gasteiger partial charge in [-0.2, -0.15) is 0 Å². The molecule has 0 aliphatic heterocycles. The first-order valence-electron chi connectivity index (χ1n) is 7.50. The minimum absolute atomic E-state index is 0.164. The van der Waals surface area contributed by atoms with Crippen molar-refractivity contribution in [3.63, 3.8) is 0 Å². The van der Waals surface area contributed by atoms with Crippen molar-refractivity contribution in [1.82, 2.24) is 14.9 Å². The van der Waals surface area contributed by atoms with Gasteiger partial charge in [0.1, 0.15) is 0 Å². The smallest absolute Gasteiger partial charge is 0.248 e. The van der Waals surface area contributed by atoms with Crippen LogP contribution in [0.4, 0.5) is 0 Å². The molecule has 3 aromatic rings. The largest absolute Gasteiger partial charge is 0.416 e. The third-order valence-corrected chi connectivity index (χ3v) is 4.99. The van der Waals surface area contributed by atoms with Crippen molar-refractivity contribution in [2.24, 2.45) is 0 Å². The Morgan fingerprint density at radius 1 is 1.00 bits per heavy atom. The van der Waals surface area contributed by atoms with Crippen LogP contribution in [0.25, 0.3) is 22.9 Å². The van der Waals surface area contributed by atoms with Gasteiger partial charge in [0.25, 0.3) is 0 Å². The molecule has 0 saturated carbocycles. The maximum atomic E-state index is 12.1. The van der Waals surface area contributed by atoms with Crippen molar-refractivity contribution in [2.45, 2.75) is 18.7 Å². The van der Waals surface area contributed by atoms with Crippen LogP contribution in [0.1, 0.15) is 12.5 Å². The summed E-state index contributed by atoms with van der Waals surface area (Å²) < 4.78 is 32.3. The zero-order valence-electron chi connectivity index (χ0n) is 13.4. The van der Waals surface area contributed by atoms with Crippen LogP contribution >= 0.6 is 0 Å². The highest BCUT2D eigenvalue weighted by Crippen LogP contribution is 2.25. The zero-order valence-corrected chi connectivity index (χ0v) is 14.2. The van der Waals surface area contributed by atoms with Crippen LogP contribution in [0.3, 0.4) is 0 Å². The van der Waals surface area contributed by atoms with Crippen LogP contribution in [-0.4, -0.2) is 25.2 Å². The molecule has 24 heavy (non-hydrogen) atoms. The highest BCUT2D eigenvalue weighted by atomic mass is 32.2. The van der Waals surface area contributed by atoms with E-state index >= 15 is 0 Å². The van der Waals surface area contributed by atoms with Gasteiger partial charge in [-0.15, -0.1) is 10.2 Å². The van der Waals surface area contributed by atoms with Gasteiger partial charge in [0, 0.05) is 17.7 Å². The van der Waals surface area contributed by atoms with Gasteiger partial charge >= 0.3 is 0 Å².